The number of hydrogen-bond acceptors (Lipinski definition) is 5. The summed E-state index contributed by atoms with van der Waals surface area (Å²) < 4.78 is 0. The van der Waals surface area contributed by atoms with Crippen molar-refractivity contribution in [3.8, 4) is 0 Å². The van der Waals surface area contributed by atoms with Crippen LogP contribution in [0, 0.1) is 0 Å². The molecule has 112 valence electrons. The number of rotatable bonds is 3. The van der Waals surface area contributed by atoms with Gasteiger partial charge >= 0.3 is 0 Å². The molecular weight excluding hydrogens is 282 g/mol. The molecule has 0 unspecified atom stereocenters. The predicted molar refractivity (Wildman–Crippen MR) is 86.8 cm³/mol. The zero-order chi connectivity index (χ0) is 14.9. The van der Waals surface area contributed by atoms with E-state index >= 15 is 0 Å². The molecule has 0 aliphatic carbocycles. The zero-order valence-corrected chi connectivity index (χ0v) is 13.3. The van der Waals surface area contributed by atoms with E-state index in [4.69, 9.17) is 0 Å². The van der Waals surface area contributed by atoms with Gasteiger partial charge in [-0.05, 0) is 26.1 Å². The topological polar surface area (TPSA) is 39.6 Å². The van der Waals surface area contributed by atoms with Crippen LogP contribution in [0.2, 0.25) is 0 Å². The summed E-state index contributed by atoms with van der Waals surface area (Å²) in [7, 11) is 4.06. The first-order valence-corrected chi connectivity index (χ1v) is 8.08. The summed E-state index contributed by atoms with van der Waals surface area (Å²) >= 11 is 1.65. The summed E-state index contributed by atoms with van der Waals surface area (Å²) in [4.78, 5) is 8.79. The molecule has 1 aromatic carbocycles. The molecule has 1 aliphatic rings. The Labute approximate surface area is 129 Å². The molecule has 1 aromatic heterocycles. The number of anilines is 1. The van der Waals surface area contributed by atoms with Crippen molar-refractivity contribution in [1.82, 2.24) is 9.88 Å². The Balaban J connectivity index is 1.89. The number of likely N-dealkylation sites (N-methyl/N-ethyl adjacent to an activating group) is 1. The lowest BCUT2D eigenvalue weighted by atomic mass is 9.80. The van der Waals surface area contributed by atoms with E-state index in [9.17, 15) is 5.11 Å². The molecule has 21 heavy (non-hydrogen) atoms. The van der Waals surface area contributed by atoms with Gasteiger partial charge in [-0.2, -0.15) is 0 Å². The van der Waals surface area contributed by atoms with Crippen LogP contribution < -0.4 is 4.90 Å². The van der Waals surface area contributed by atoms with Crippen LogP contribution in [0.25, 0.3) is 0 Å². The van der Waals surface area contributed by atoms with Crippen molar-refractivity contribution in [3.05, 3.63) is 47.5 Å². The number of aromatic nitrogens is 1. The number of thiazole rings is 1. The number of hydrogen-bond donors (Lipinski definition) is 1. The number of aliphatic hydroxyl groups is 1. The van der Waals surface area contributed by atoms with Crippen molar-refractivity contribution in [2.75, 3.05) is 32.1 Å². The smallest absolute Gasteiger partial charge is 0.185 e. The van der Waals surface area contributed by atoms with Crippen LogP contribution >= 0.6 is 11.3 Å². The minimum atomic E-state index is -0.807. The summed E-state index contributed by atoms with van der Waals surface area (Å²) in [5, 5.41) is 14.3. The van der Waals surface area contributed by atoms with E-state index < -0.39 is 5.60 Å². The third kappa shape index (κ3) is 2.69. The fraction of sp³-hybridized carbons (Fsp3) is 0.438. The van der Waals surface area contributed by atoms with Crippen LogP contribution in [0.4, 0.5) is 5.13 Å². The molecule has 0 saturated carbocycles. The van der Waals surface area contributed by atoms with E-state index in [1.54, 1.807) is 11.3 Å². The second-order valence-corrected chi connectivity index (χ2v) is 6.65. The summed E-state index contributed by atoms with van der Waals surface area (Å²) in [6.45, 7) is 1.61. The van der Waals surface area contributed by atoms with E-state index in [0.717, 1.165) is 23.8 Å². The van der Waals surface area contributed by atoms with Gasteiger partial charge in [0.1, 0.15) is 5.60 Å². The van der Waals surface area contributed by atoms with Crippen LogP contribution in [0.15, 0.2) is 41.9 Å². The van der Waals surface area contributed by atoms with Gasteiger partial charge in [0.25, 0.3) is 0 Å². The molecule has 4 nitrogen and oxygen atoms in total. The van der Waals surface area contributed by atoms with Crippen LogP contribution in [0.1, 0.15) is 12.0 Å². The summed E-state index contributed by atoms with van der Waals surface area (Å²) in [5.74, 6) is 0. The SMILES string of the molecule is CN(C)[C@@H]1CN(c2nccs2)CC[C@]1(O)c1ccccc1. The summed E-state index contributed by atoms with van der Waals surface area (Å²) in [5.41, 5.74) is 0.195. The maximum absolute atomic E-state index is 11.3. The lowest BCUT2D eigenvalue weighted by Crippen LogP contribution is -2.59. The maximum Gasteiger partial charge on any atom is 0.185 e. The molecule has 1 aliphatic heterocycles. The molecule has 0 bridgehead atoms. The van der Waals surface area contributed by atoms with Gasteiger partial charge in [0, 0.05) is 24.7 Å². The van der Waals surface area contributed by atoms with Gasteiger partial charge in [-0.15, -0.1) is 11.3 Å². The minimum Gasteiger partial charge on any atom is -0.383 e. The van der Waals surface area contributed by atoms with E-state index in [1.807, 2.05) is 56.0 Å². The van der Waals surface area contributed by atoms with Crippen LogP contribution in [0.3, 0.4) is 0 Å². The first-order chi connectivity index (χ1) is 10.1. The van der Waals surface area contributed by atoms with Crippen LogP contribution in [-0.2, 0) is 5.60 Å². The highest BCUT2D eigenvalue weighted by atomic mass is 32.1. The fourth-order valence-corrected chi connectivity index (χ4v) is 3.80. The average molecular weight is 303 g/mol. The lowest BCUT2D eigenvalue weighted by Gasteiger charge is -2.47. The molecule has 2 aromatic rings. The lowest BCUT2D eigenvalue weighted by molar-refractivity contribution is -0.0526. The molecule has 0 amide bonds. The van der Waals surface area contributed by atoms with Crippen LogP contribution in [0.5, 0.6) is 0 Å². The number of nitrogens with zero attached hydrogens (tertiary/aromatic N) is 3. The molecule has 1 fully saturated rings. The molecule has 5 heteroatoms. The van der Waals surface area contributed by atoms with Crippen molar-refractivity contribution >= 4 is 16.5 Å². The highest BCUT2D eigenvalue weighted by molar-refractivity contribution is 7.13. The Morgan fingerprint density at radius 3 is 2.71 bits per heavy atom. The Bertz CT molecular complexity index is 572. The fourth-order valence-electron chi connectivity index (χ4n) is 3.12. The van der Waals surface area contributed by atoms with Gasteiger partial charge in [0.2, 0.25) is 0 Å². The highest BCUT2D eigenvalue weighted by Crippen LogP contribution is 2.37. The van der Waals surface area contributed by atoms with Gasteiger partial charge in [0.05, 0.1) is 6.04 Å². The van der Waals surface area contributed by atoms with Crippen molar-refractivity contribution in [2.45, 2.75) is 18.1 Å². The Hall–Kier alpha value is -1.43. The van der Waals surface area contributed by atoms with Gasteiger partial charge in [-0.25, -0.2) is 4.98 Å². The monoisotopic (exact) mass is 303 g/mol. The second-order valence-electron chi connectivity index (χ2n) is 5.78. The Morgan fingerprint density at radius 2 is 2.10 bits per heavy atom. The number of piperidine rings is 1. The molecule has 3 rings (SSSR count). The minimum absolute atomic E-state index is 0.0394. The summed E-state index contributed by atoms with van der Waals surface area (Å²) in [6, 6.07) is 10.1. The van der Waals surface area contributed by atoms with E-state index in [2.05, 4.69) is 14.8 Å². The standard InChI is InChI=1S/C16H21N3OS/c1-18(2)14-12-19(15-17-9-11-21-15)10-8-16(14,20)13-6-4-3-5-7-13/h3-7,9,11,14,20H,8,10,12H2,1-2H3/t14-,16+/m1/s1. The van der Waals surface area contributed by atoms with Crippen molar-refractivity contribution < 1.29 is 5.11 Å². The molecular formula is C16H21N3OS. The van der Waals surface area contributed by atoms with E-state index in [0.29, 0.717) is 6.42 Å². The average Bonchev–Trinajstić information content (AvgIpc) is 3.02. The van der Waals surface area contributed by atoms with Crippen molar-refractivity contribution in [1.29, 1.82) is 0 Å². The number of benzene rings is 1. The zero-order valence-electron chi connectivity index (χ0n) is 12.4. The molecule has 1 N–H and O–H groups in total. The third-order valence-corrected chi connectivity index (χ3v) is 5.13. The molecule has 0 radical (unpaired) electrons. The van der Waals surface area contributed by atoms with Gasteiger partial charge < -0.3 is 14.9 Å². The quantitative estimate of drug-likeness (QED) is 0.943. The van der Waals surface area contributed by atoms with Crippen LogP contribution in [-0.4, -0.2) is 48.2 Å². The van der Waals surface area contributed by atoms with Gasteiger partial charge in [0.15, 0.2) is 5.13 Å². The van der Waals surface area contributed by atoms with Crippen molar-refractivity contribution in [2.24, 2.45) is 0 Å². The molecule has 0 spiro atoms. The molecule has 2 atom stereocenters. The van der Waals surface area contributed by atoms with Crippen molar-refractivity contribution in [3.63, 3.8) is 0 Å². The van der Waals surface area contributed by atoms with Gasteiger partial charge in [-0.3, -0.25) is 0 Å². The first kappa shape index (κ1) is 14.5. The highest BCUT2D eigenvalue weighted by Gasteiger charge is 2.44. The van der Waals surface area contributed by atoms with E-state index in [1.165, 1.54) is 0 Å². The Morgan fingerprint density at radius 1 is 1.33 bits per heavy atom. The molecule has 1 saturated heterocycles. The Kier molecular flexibility index (Phi) is 3.97. The van der Waals surface area contributed by atoms with Gasteiger partial charge in [-0.1, -0.05) is 30.3 Å². The molecule has 2 heterocycles. The third-order valence-electron chi connectivity index (χ3n) is 4.29. The van der Waals surface area contributed by atoms with E-state index in [-0.39, 0.29) is 6.04 Å². The maximum atomic E-state index is 11.3. The largest absolute Gasteiger partial charge is 0.383 e. The predicted octanol–water partition coefficient (Wildman–Crippen LogP) is 2.17. The normalized spacial score (nSPS) is 26.3. The first-order valence-electron chi connectivity index (χ1n) is 7.20. The second kappa shape index (κ2) is 5.75. The summed E-state index contributed by atoms with van der Waals surface area (Å²) in [6.07, 6.45) is 2.54.